The monoisotopic (exact) mass is 119 g/mol. The summed E-state index contributed by atoms with van der Waals surface area (Å²) in [4.78, 5) is 8.69. The van der Waals surface area contributed by atoms with E-state index in [9.17, 15) is 0 Å². The average Bonchev–Trinajstić information content (AvgIpc) is 0.918. The fourth-order valence-electron chi connectivity index (χ4n) is 0. The van der Waals surface area contributed by atoms with Crippen molar-refractivity contribution in [2.45, 2.75) is 0 Å². The molecule has 0 saturated carbocycles. The van der Waals surface area contributed by atoms with Crippen molar-refractivity contribution >= 4 is 15.1 Å². The van der Waals surface area contributed by atoms with E-state index in [1.807, 2.05) is 0 Å². The first-order valence-corrected chi connectivity index (χ1v) is 1.08. The normalized spacial score (nSPS) is 3.25. The second-order valence-corrected chi connectivity index (χ2v) is 0.344. The van der Waals surface area contributed by atoms with Crippen molar-refractivity contribution < 1.29 is 20.8 Å². The Morgan fingerprint density at radius 3 is 1.75 bits per heavy atom. The first-order valence-electron chi connectivity index (χ1n) is 0.440. The van der Waals surface area contributed by atoms with Crippen LogP contribution in [0.5, 0.6) is 0 Å². The van der Waals surface area contributed by atoms with Crippen LogP contribution in [0.15, 0.2) is 0 Å². The summed E-state index contributed by atoms with van der Waals surface area (Å²) in [5.41, 5.74) is 0. The minimum atomic E-state index is 0. The summed E-state index contributed by atoms with van der Waals surface area (Å²) in [6.07, 6.45) is 0. The molecule has 1 nitrogen and oxygen atoms in total. The van der Waals surface area contributed by atoms with Crippen molar-refractivity contribution in [3.63, 3.8) is 0 Å². The van der Waals surface area contributed by atoms with E-state index in [0.29, 0.717) is 5.18 Å². The number of hydrogen-bond donors (Lipinski definition) is 0. The fourth-order valence-corrected chi connectivity index (χ4v) is 0. The van der Waals surface area contributed by atoms with E-state index in [1.165, 1.54) is 0 Å². The minimum Gasteiger partial charge on any atom is -0.153 e. The maximum Gasteiger partial charge on any atom is -0.153 e. The van der Waals surface area contributed by atoms with Crippen molar-refractivity contribution in [2.75, 3.05) is 0 Å². The summed E-state index contributed by atoms with van der Waals surface area (Å²) >= 11 is 2.81. The molecule has 0 radical (unpaired) electrons. The van der Waals surface area contributed by atoms with E-state index in [-0.39, 0.29) is 9.90 Å². The van der Waals surface area contributed by atoms with E-state index >= 15 is 0 Å². The fraction of sp³-hybridized carbons (Fsp3) is 0. The van der Waals surface area contributed by atoms with Crippen molar-refractivity contribution in [1.82, 2.24) is 0 Å². The molecule has 1 unspecified atom stereocenters. The molecular weight excluding hydrogens is 115 g/mol. The molecule has 3 heteroatoms. The Morgan fingerprint density at radius 1 is 1.75 bits per heavy atom. The second-order valence-electron chi connectivity index (χ2n) is 0.0833. The standard InChI is InChI=1S/CHO.Fe.H3P/c1-2;;/h1H;;1H3. The van der Waals surface area contributed by atoms with Gasteiger partial charge in [-0.1, -0.05) is 0 Å². The van der Waals surface area contributed by atoms with Crippen LogP contribution in [0.4, 0.5) is 0 Å². The number of carbonyl (C=O) groups excluding carboxylic acids is 1. The quantitative estimate of drug-likeness (QED) is 0.244. The van der Waals surface area contributed by atoms with E-state index < -0.39 is 0 Å². The molecule has 0 N–H and O–H groups in total. The third-order valence-electron chi connectivity index (χ3n) is 0. The molecule has 0 spiro atoms. The Morgan fingerprint density at radius 2 is 1.75 bits per heavy atom. The zero-order chi connectivity index (χ0) is 2.71. The van der Waals surface area contributed by atoms with Gasteiger partial charge in [0.1, 0.15) is 0 Å². The maximum atomic E-state index is 8.69. The SMILES string of the molecule is O=[CH][Fe].P. The maximum absolute atomic E-state index is 8.69. The van der Waals surface area contributed by atoms with Gasteiger partial charge in [-0.25, -0.2) is 0 Å². The molecule has 1 atom stereocenters. The molecule has 0 bridgehead atoms. The van der Waals surface area contributed by atoms with Crippen LogP contribution in [0.25, 0.3) is 0 Å². The van der Waals surface area contributed by atoms with Crippen molar-refractivity contribution in [3.8, 4) is 0 Å². The Kier molecular flexibility index (Phi) is 20.9. The van der Waals surface area contributed by atoms with Crippen LogP contribution < -0.4 is 0 Å². The molecule has 0 heterocycles. The number of hydrogen-bond acceptors (Lipinski definition) is 1. The van der Waals surface area contributed by atoms with Gasteiger partial charge in [-0.05, 0) is 0 Å². The first kappa shape index (κ1) is 8.82. The van der Waals surface area contributed by atoms with Crippen LogP contribution in [0.3, 0.4) is 0 Å². The summed E-state index contributed by atoms with van der Waals surface area (Å²) in [6, 6.07) is 0. The Balaban J connectivity index is 0. The molecule has 0 aromatic carbocycles. The molecule has 0 saturated heterocycles. The van der Waals surface area contributed by atoms with Crippen LogP contribution in [0.1, 0.15) is 0 Å². The van der Waals surface area contributed by atoms with E-state index in [0.717, 1.165) is 0 Å². The second kappa shape index (κ2) is 9.47. The summed E-state index contributed by atoms with van der Waals surface area (Å²) in [5.74, 6) is 0. The van der Waals surface area contributed by atoms with Crippen LogP contribution in [0.2, 0.25) is 0 Å². The Labute approximate surface area is 36.6 Å². The molecule has 0 aliphatic carbocycles. The molecule has 0 rings (SSSR count). The average molecular weight is 119 g/mol. The Hall–Kier alpha value is 0.619. The number of carbonyl (C=O) groups is 1. The van der Waals surface area contributed by atoms with Crippen molar-refractivity contribution in [1.29, 1.82) is 0 Å². The Bertz CT molecular complexity index is 15.5. The van der Waals surface area contributed by atoms with Crippen molar-refractivity contribution in [2.24, 2.45) is 0 Å². The van der Waals surface area contributed by atoms with Gasteiger partial charge in [-0.2, -0.15) is 9.90 Å². The van der Waals surface area contributed by atoms with Gasteiger partial charge >= 0.3 is 26.0 Å². The van der Waals surface area contributed by atoms with Crippen LogP contribution in [-0.2, 0) is 20.8 Å². The summed E-state index contributed by atoms with van der Waals surface area (Å²) < 4.78 is 0. The van der Waals surface area contributed by atoms with Gasteiger partial charge in [-0.15, -0.1) is 0 Å². The van der Waals surface area contributed by atoms with Crippen molar-refractivity contribution in [3.05, 3.63) is 0 Å². The molecule has 0 amide bonds. The van der Waals surface area contributed by atoms with Crippen LogP contribution in [0, 0.1) is 0 Å². The van der Waals surface area contributed by atoms with Gasteiger partial charge in [-0.3, -0.25) is 0 Å². The van der Waals surface area contributed by atoms with Crippen LogP contribution >= 0.6 is 9.90 Å². The van der Waals surface area contributed by atoms with E-state index in [2.05, 4.69) is 16.0 Å². The van der Waals surface area contributed by atoms with Gasteiger partial charge in [0.25, 0.3) is 0 Å². The van der Waals surface area contributed by atoms with E-state index in [4.69, 9.17) is 4.79 Å². The zero-order valence-corrected chi connectivity index (χ0v) is 4.56. The third-order valence-corrected chi connectivity index (χ3v) is 0. The molecule has 0 aliphatic rings. The smallest absolute Gasteiger partial charge is 0.153 e. The van der Waals surface area contributed by atoms with Gasteiger partial charge in [0.2, 0.25) is 0 Å². The summed E-state index contributed by atoms with van der Waals surface area (Å²) in [6.45, 7) is 0. The molecule has 0 aliphatic heterocycles. The third kappa shape index (κ3) is 17.9. The predicted octanol–water partition coefficient (Wildman–Crippen LogP) is -0.218. The molecule has 27 valence electrons. The minimum absolute atomic E-state index is 0. The summed E-state index contributed by atoms with van der Waals surface area (Å²) in [5, 5.41) is 0.500. The molecule has 0 aromatic rings. The van der Waals surface area contributed by atoms with Gasteiger partial charge in [0.05, 0.1) is 0 Å². The zero-order valence-electron chi connectivity index (χ0n) is 2.05. The van der Waals surface area contributed by atoms with Gasteiger partial charge in [0.15, 0.2) is 0 Å². The molecular formula is CH4FeOP. The first-order chi connectivity index (χ1) is 1.41. The molecule has 4 heavy (non-hydrogen) atoms. The van der Waals surface area contributed by atoms with E-state index in [1.54, 1.807) is 0 Å². The topological polar surface area (TPSA) is 17.1 Å². The van der Waals surface area contributed by atoms with Gasteiger partial charge in [0, 0.05) is 0 Å². The number of rotatable bonds is 0. The predicted molar refractivity (Wildman–Crippen MR) is 17.9 cm³/mol. The molecule has 0 fully saturated rings. The molecule has 0 aromatic heterocycles. The summed E-state index contributed by atoms with van der Waals surface area (Å²) in [7, 11) is 0. The van der Waals surface area contributed by atoms with Crippen LogP contribution in [-0.4, -0.2) is 5.18 Å². The van der Waals surface area contributed by atoms with Gasteiger partial charge < -0.3 is 0 Å². The largest absolute Gasteiger partial charge is 0.153 e.